The van der Waals surface area contributed by atoms with Crippen LogP contribution in [0.1, 0.15) is 61.6 Å². The highest BCUT2D eigenvalue weighted by atomic mass is 16.4. The molecule has 0 saturated heterocycles. The number of allylic oxidation sites excluding steroid dienone is 2. The molecule has 1 fully saturated rings. The molecule has 0 radical (unpaired) electrons. The highest BCUT2D eigenvalue weighted by molar-refractivity contribution is 6.20. The Morgan fingerprint density at radius 3 is 2.46 bits per heavy atom. The molecule has 5 rings (SSSR count). The number of aliphatic hydroxyl groups is 3. The van der Waals surface area contributed by atoms with Gasteiger partial charge >= 0.3 is 0 Å². The number of nitrogens with one attached hydrogen (secondary N) is 2. The van der Waals surface area contributed by atoms with E-state index in [0.717, 1.165) is 53.7 Å². The minimum Gasteiger partial charge on any atom is -0.508 e. The van der Waals surface area contributed by atoms with E-state index >= 15 is 0 Å². The van der Waals surface area contributed by atoms with Crippen LogP contribution in [0.4, 0.5) is 11.4 Å². The number of aliphatic imine (C=N–C) groups is 1. The first-order chi connectivity index (χ1) is 19.4. The Labute approximate surface area is 239 Å². The normalized spacial score (nSPS) is 26.8. The van der Waals surface area contributed by atoms with Gasteiger partial charge in [-0.2, -0.15) is 0 Å². The molecule has 11 heteroatoms. The first-order valence-electron chi connectivity index (χ1n) is 14.2. The number of primary amides is 1. The largest absolute Gasteiger partial charge is 0.508 e. The van der Waals surface area contributed by atoms with Crippen LogP contribution < -0.4 is 27.2 Å². The molecule has 0 aromatic heterocycles. The van der Waals surface area contributed by atoms with E-state index in [9.17, 15) is 24.9 Å². The van der Waals surface area contributed by atoms with E-state index in [1.165, 1.54) is 6.42 Å². The second-order valence-electron chi connectivity index (χ2n) is 11.9. The number of rotatable bonds is 4. The zero-order valence-corrected chi connectivity index (χ0v) is 23.9. The number of Topliss-reactive ketones (excluding diaryl/α,β-unsaturated/α-hetero) is 1. The van der Waals surface area contributed by atoms with Crippen LogP contribution in [0, 0.1) is 18.8 Å². The van der Waals surface area contributed by atoms with Gasteiger partial charge in [-0.3, -0.25) is 15.0 Å². The second kappa shape index (κ2) is 10.5. The topological polar surface area (TPSA) is 187 Å². The predicted octanol–water partition coefficient (Wildman–Crippen LogP) is 2.64. The first-order valence-corrected chi connectivity index (χ1v) is 14.2. The number of benzene rings is 1. The molecule has 1 amide bonds. The summed E-state index contributed by atoms with van der Waals surface area (Å²) in [7, 11) is 3.90. The molecule has 9 N–H and O–H groups in total. The quantitative estimate of drug-likeness (QED) is 0.0949. The van der Waals surface area contributed by atoms with Crippen molar-refractivity contribution in [2.24, 2.45) is 28.4 Å². The van der Waals surface area contributed by atoms with Gasteiger partial charge in [-0.25, -0.2) is 10.8 Å². The van der Waals surface area contributed by atoms with Gasteiger partial charge in [-0.1, -0.05) is 25.8 Å². The van der Waals surface area contributed by atoms with Gasteiger partial charge in [0.15, 0.2) is 11.4 Å². The summed E-state index contributed by atoms with van der Waals surface area (Å²) >= 11 is 0. The van der Waals surface area contributed by atoms with Crippen molar-refractivity contribution in [1.29, 1.82) is 0 Å². The van der Waals surface area contributed by atoms with Crippen molar-refractivity contribution in [3.63, 3.8) is 0 Å². The number of ketones is 1. The summed E-state index contributed by atoms with van der Waals surface area (Å²) in [5.74, 6) is 2.06. The van der Waals surface area contributed by atoms with Crippen LogP contribution in [0.2, 0.25) is 0 Å². The summed E-state index contributed by atoms with van der Waals surface area (Å²) in [5.41, 5.74) is 10.4. The molecule has 4 aliphatic rings. The van der Waals surface area contributed by atoms with E-state index in [0.29, 0.717) is 29.9 Å². The predicted molar refractivity (Wildman–Crippen MR) is 158 cm³/mol. The summed E-state index contributed by atoms with van der Waals surface area (Å²) < 4.78 is 0. The fourth-order valence-corrected chi connectivity index (χ4v) is 7.21. The smallest absolute Gasteiger partial charge is 0.255 e. The standard InChI is InChI=1S/C30H40N6O5/c1-14-20(34-29(35-32)33-18-8-6-5-7-9-18)13-21(36(3)4)19-11-16-10-17-12-22(37)25(28(31)40)27(39)30(17,41)26(38)24(16)15(2)23(14)19/h13,16-18,38-39,41H,2,5-12,32H2,1,3-4H3,(H2,31,40)(H2,33,34,35)/t16-,17+,30+/m1/s1. The molecule has 3 atom stereocenters. The van der Waals surface area contributed by atoms with E-state index in [4.69, 9.17) is 16.6 Å². The number of nitrogens with two attached hydrogens (primary N) is 2. The fourth-order valence-electron chi connectivity index (χ4n) is 7.21. The van der Waals surface area contributed by atoms with Gasteiger partial charge in [0.25, 0.3) is 5.91 Å². The van der Waals surface area contributed by atoms with Gasteiger partial charge in [-0.15, -0.1) is 0 Å². The first kappa shape index (κ1) is 28.7. The third kappa shape index (κ3) is 4.57. The molecule has 41 heavy (non-hydrogen) atoms. The number of carbonyl (C=O) groups excluding carboxylic acids is 2. The van der Waals surface area contributed by atoms with E-state index < -0.39 is 40.3 Å². The number of guanidine groups is 1. The number of hydrazine groups is 1. The zero-order chi connectivity index (χ0) is 29.8. The molecule has 1 aromatic rings. The summed E-state index contributed by atoms with van der Waals surface area (Å²) in [6, 6.07) is 2.23. The molecular formula is C30H40N6O5. The maximum absolute atomic E-state index is 12.7. The van der Waals surface area contributed by atoms with Crippen LogP contribution in [0.25, 0.3) is 5.57 Å². The van der Waals surface area contributed by atoms with Crippen molar-refractivity contribution >= 4 is 34.6 Å². The van der Waals surface area contributed by atoms with Gasteiger partial charge in [-0.05, 0) is 66.9 Å². The van der Waals surface area contributed by atoms with E-state index in [-0.39, 0.29) is 18.4 Å². The minimum absolute atomic E-state index is 0.190. The third-order valence-electron chi connectivity index (χ3n) is 9.25. The molecule has 0 heterocycles. The second-order valence-corrected chi connectivity index (χ2v) is 11.9. The van der Waals surface area contributed by atoms with Gasteiger partial charge in [0.1, 0.15) is 17.1 Å². The molecule has 220 valence electrons. The maximum atomic E-state index is 12.7. The Balaban J connectivity index is 1.62. The molecule has 0 aliphatic heterocycles. The summed E-state index contributed by atoms with van der Waals surface area (Å²) in [6.07, 6.45) is 6.13. The SMILES string of the molecule is C=C1C2=C(O)[C@]3(O)C(O)=C(C(N)=O)C(=O)C[C@@H]3C[C@@H]2Cc2c(N(C)C)cc(NC(=NC3CCCCC3)NN)c(C)c21. The van der Waals surface area contributed by atoms with Gasteiger partial charge in [0.05, 0.1) is 6.04 Å². The Morgan fingerprint density at radius 1 is 1.17 bits per heavy atom. The van der Waals surface area contributed by atoms with Crippen molar-refractivity contribution in [3.05, 3.63) is 52.0 Å². The summed E-state index contributed by atoms with van der Waals surface area (Å²) in [4.78, 5) is 31.4. The molecule has 0 spiro atoms. The van der Waals surface area contributed by atoms with Crippen LogP contribution in [0.15, 0.2) is 40.3 Å². The van der Waals surface area contributed by atoms with Crippen molar-refractivity contribution in [1.82, 2.24) is 5.43 Å². The average molecular weight is 565 g/mol. The Morgan fingerprint density at radius 2 is 1.85 bits per heavy atom. The number of fused-ring (bicyclic) bond motifs is 3. The molecule has 1 saturated carbocycles. The van der Waals surface area contributed by atoms with Crippen molar-refractivity contribution in [3.8, 4) is 0 Å². The molecule has 0 bridgehead atoms. The van der Waals surface area contributed by atoms with E-state index in [1.807, 2.05) is 32.0 Å². The van der Waals surface area contributed by atoms with Crippen LogP contribution in [-0.4, -0.2) is 58.7 Å². The number of nitrogens with zero attached hydrogens (tertiary/aromatic N) is 2. The zero-order valence-electron chi connectivity index (χ0n) is 23.9. The lowest BCUT2D eigenvalue weighted by Gasteiger charge is -2.47. The lowest BCUT2D eigenvalue weighted by Crippen LogP contribution is -2.53. The van der Waals surface area contributed by atoms with Crippen LogP contribution in [0.3, 0.4) is 0 Å². The summed E-state index contributed by atoms with van der Waals surface area (Å²) in [5, 5.41) is 37.5. The number of hydrogen-bond acceptors (Lipinski definition) is 8. The number of aliphatic hydroxyl groups excluding tert-OH is 2. The fraction of sp³-hybridized carbons (Fsp3) is 0.500. The third-order valence-corrected chi connectivity index (χ3v) is 9.25. The molecular weight excluding hydrogens is 524 g/mol. The van der Waals surface area contributed by atoms with Crippen LogP contribution in [0.5, 0.6) is 0 Å². The Hall–Kier alpha value is -3.83. The number of hydrogen-bond donors (Lipinski definition) is 7. The highest BCUT2D eigenvalue weighted by Gasteiger charge is 2.57. The van der Waals surface area contributed by atoms with Crippen molar-refractivity contribution < 1.29 is 24.9 Å². The van der Waals surface area contributed by atoms with E-state index in [2.05, 4.69) is 17.3 Å². The minimum atomic E-state index is -2.30. The van der Waals surface area contributed by atoms with Gasteiger partial charge in [0, 0.05) is 43.4 Å². The maximum Gasteiger partial charge on any atom is 0.255 e. The van der Waals surface area contributed by atoms with Gasteiger partial charge < -0.3 is 31.3 Å². The summed E-state index contributed by atoms with van der Waals surface area (Å²) in [6.45, 7) is 6.29. The monoisotopic (exact) mass is 564 g/mol. The lowest BCUT2D eigenvalue weighted by atomic mass is 9.60. The number of carbonyl (C=O) groups is 2. The van der Waals surface area contributed by atoms with Crippen molar-refractivity contribution in [2.45, 2.75) is 69.9 Å². The van der Waals surface area contributed by atoms with E-state index in [1.54, 1.807) is 0 Å². The highest BCUT2D eigenvalue weighted by Crippen LogP contribution is 2.56. The average Bonchev–Trinajstić information content (AvgIpc) is 2.91. The van der Waals surface area contributed by atoms with Crippen LogP contribution in [-0.2, 0) is 16.0 Å². The number of amides is 1. The Bertz CT molecular complexity index is 1420. The Kier molecular flexibility index (Phi) is 7.37. The van der Waals surface area contributed by atoms with Crippen molar-refractivity contribution in [2.75, 3.05) is 24.3 Å². The van der Waals surface area contributed by atoms with Gasteiger partial charge in [0.2, 0.25) is 5.96 Å². The van der Waals surface area contributed by atoms with Crippen LogP contribution >= 0.6 is 0 Å². The molecule has 1 aromatic carbocycles. The molecule has 11 nitrogen and oxygen atoms in total. The lowest BCUT2D eigenvalue weighted by molar-refractivity contribution is -0.128. The molecule has 0 unspecified atom stereocenters. The number of anilines is 2. The molecule has 4 aliphatic carbocycles.